The molecule has 0 bridgehead atoms. The Kier molecular flexibility index (Phi) is 3.98. The zero-order valence-electron chi connectivity index (χ0n) is 6.11. The van der Waals surface area contributed by atoms with Crippen molar-refractivity contribution in [3.8, 4) is 0 Å². The molecule has 0 aromatic rings. The van der Waals surface area contributed by atoms with E-state index in [1.165, 1.54) is 34.3 Å². The Hall–Kier alpha value is 0.759. The van der Waals surface area contributed by atoms with Crippen LogP contribution >= 0.6 is 0 Å². The van der Waals surface area contributed by atoms with E-state index in [1.807, 2.05) is 0 Å². The monoisotopic (exact) mass is 233 g/mol. The second-order valence-corrected chi connectivity index (χ2v) is 8.10. The molecule has 1 heterocycles. The average molecular weight is 232 g/mol. The van der Waals surface area contributed by atoms with Gasteiger partial charge in [0.05, 0.1) is 0 Å². The number of hydrogen-bond donors (Lipinski definition) is 1. The normalized spacial score (nSPS) is 22.3. The Labute approximate surface area is 67.8 Å². The molecular formula is C7H15NSn. The van der Waals surface area contributed by atoms with Gasteiger partial charge < -0.3 is 0 Å². The molecule has 0 spiro atoms. The molecule has 0 aromatic carbocycles. The van der Waals surface area contributed by atoms with Gasteiger partial charge in [-0.15, -0.1) is 0 Å². The molecule has 0 amide bonds. The second kappa shape index (κ2) is 4.56. The predicted octanol–water partition coefficient (Wildman–Crippen LogP) is 1.30. The molecule has 1 rings (SSSR count). The standard InChI is InChI=1S/C5H10N.C2H5.Sn/c1-2-4-6-5-3-1;1-2;/h1,6H,2-5H2;1H2,2H3;. The van der Waals surface area contributed by atoms with Gasteiger partial charge >= 0.3 is 67.7 Å². The fourth-order valence-corrected chi connectivity index (χ4v) is 4.95. The summed E-state index contributed by atoms with van der Waals surface area (Å²) in [6, 6.07) is 0. The van der Waals surface area contributed by atoms with Crippen molar-refractivity contribution in [2.45, 2.75) is 28.1 Å². The molecule has 0 unspecified atom stereocenters. The Morgan fingerprint density at radius 1 is 1.44 bits per heavy atom. The summed E-state index contributed by atoms with van der Waals surface area (Å²) in [5.74, 6) is 0. The maximum absolute atomic E-state index is 3.40. The minimum absolute atomic E-state index is 0.0872. The van der Waals surface area contributed by atoms with E-state index in [0.717, 1.165) is 0 Å². The van der Waals surface area contributed by atoms with Crippen LogP contribution in [0.1, 0.15) is 19.8 Å². The Balaban J connectivity index is 2.08. The minimum atomic E-state index is 0.0872. The fourth-order valence-electron chi connectivity index (χ4n) is 1.31. The van der Waals surface area contributed by atoms with Crippen molar-refractivity contribution in [1.82, 2.24) is 5.32 Å². The Morgan fingerprint density at radius 3 is 2.67 bits per heavy atom. The van der Waals surface area contributed by atoms with Gasteiger partial charge in [0.15, 0.2) is 0 Å². The summed E-state index contributed by atoms with van der Waals surface area (Å²) in [7, 11) is 0. The van der Waals surface area contributed by atoms with Crippen LogP contribution in [0.5, 0.6) is 0 Å². The Bertz CT molecular complexity index is 66.6. The quantitative estimate of drug-likeness (QED) is 0.707. The Morgan fingerprint density at radius 2 is 2.11 bits per heavy atom. The first-order valence-corrected chi connectivity index (χ1v) is 7.54. The molecule has 1 saturated heterocycles. The van der Waals surface area contributed by atoms with Crippen LogP contribution in [-0.4, -0.2) is 34.2 Å². The first-order chi connectivity index (χ1) is 4.43. The van der Waals surface area contributed by atoms with Crippen molar-refractivity contribution in [3.05, 3.63) is 0 Å². The summed E-state index contributed by atoms with van der Waals surface area (Å²) in [4.78, 5) is 0. The van der Waals surface area contributed by atoms with Crippen LogP contribution in [0.2, 0.25) is 8.37 Å². The zero-order chi connectivity index (χ0) is 6.53. The summed E-state index contributed by atoms with van der Waals surface area (Å²) in [6.07, 6.45) is 2.97. The molecule has 1 nitrogen and oxygen atoms in total. The van der Waals surface area contributed by atoms with E-state index in [1.54, 1.807) is 0 Å². The van der Waals surface area contributed by atoms with Crippen LogP contribution in [0, 0.1) is 0 Å². The van der Waals surface area contributed by atoms with Crippen LogP contribution in [0.4, 0.5) is 0 Å². The second-order valence-electron chi connectivity index (χ2n) is 2.58. The topological polar surface area (TPSA) is 12.0 Å². The SMILES string of the molecule is C[CH2][Sn][CH]1CCNCC1. The van der Waals surface area contributed by atoms with Crippen molar-refractivity contribution in [1.29, 1.82) is 0 Å². The van der Waals surface area contributed by atoms with E-state index in [9.17, 15) is 0 Å². The molecule has 2 radical (unpaired) electrons. The summed E-state index contributed by atoms with van der Waals surface area (Å²) in [6.45, 7) is 4.95. The van der Waals surface area contributed by atoms with Gasteiger partial charge in [-0.3, -0.25) is 0 Å². The predicted molar refractivity (Wildman–Crippen MR) is 42.1 cm³/mol. The molecule has 2 heteroatoms. The van der Waals surface area contributed by atoms with Crippen molar-refractivity contribution in [2.24, 2.45) is 0 Å². The van der Waals surface area contributed by atoms with Gasteiger partial charge in [-0.1, -0.05) is 0 Å². The first-order valence-electron chi connectivity index (χ1n) is 3.87. The van der Waals surface area contributed by atoms with Gasteiger partial charge in [0, 0.05) is 0 Å². The van der Waals surface area contributed by atoms with Crippen molar-refractivity contribution in [2.75, 3.05) is 13.1 Å². The third kappa shape index (κ3) is 2.89. The number of nitrogens with one attached hydrogen (secondary N) is 1. The maximum atomic E-state index is 3.40. The molecule has 0 aliphatic carbocycles. The van der Waals surface area contributed by atoms with E-state index >= 15 is 0 Å². The van der Waals surface area contributed by atoms with Crippen LogP contribution < -0.4 is 5.32 Å². The van der Waals surface area contributed by atoms with E-state index in [2.05, 4.69) is 12.2 Å². The van der Waals surface area contributed by atoms with Gasteiger partial charge in [0.1, 0.15) is 0 Å². The number of hydrogen-bond acceptors (Lipinski definition) is 1. The van der Waals surface area contributed by atoms with Gasteiger partial charge in [-0.05, 0) is 0 Å². The average Bonchev–Trinajstić information content (AvgIpc) is 1.91. The van der Waals surface area contributed by atoms with E-state index in [-0.39, 0.29) is 21.1 Å². The van der Waals surface area contributed by atoms with Gasteiger partial charge in [-0.2, -0.15) is 0 Å². The molecule has 1 aliphatic heterocycles. The van der Waals surface area contributed by atoms with Gasteiger partial charge in [0.2, 0.25) is 0 Å². The zero-order valence-corrected chi connectivity index (χ0v) is 8.97. The number of piperidine rings is 1. The molecule has 1 aliphatic rings. The van der Waals surface area contributed by atoms with Gasteiger partial charge in [0.25, 0.3) is 0 Å². The molecule has 52 valence electrons. The third-order valence-electron chi connectivity index (χ3n) is 1.83. The summed E-state index contributed by atoms with van der Waals surface area (Å²) >= 11 is 0.0872. The molecule has 1 N–H and O–H groups in total. The molecule has 1 fully saturated rings. The third-order valence-corrected chi connectivity index (χ3v) is 6.29. The van der Waals surface area contributed by atoms with Crippen LogP contribution in [0.15, 0.2) is 0 Å². The van der Waals surface area contributed by atoms with Crippen molar-refractivity contribution >= 4 is 21.1 Å². The fraction of sp³-hybridized carbons (Fsp3) is 1.00. The van der Waals surface area contributed by atoms with Crippen molar-refractivity contribution in [3.63, 3.8) is 0 Å². The van der Waals surface area contributed by atoms with E-state index < -0.39 is 0 Å². The summed E-state index contributed by atoms with van der Waals surface area (Å²) in [5, 5.41) is 3.40. The molecule has 0 saturated carbocycles. The van der Waals surface area contributed by atoms with Crippen molar-refractivity contribution < 1.29 is 0 Å². The van der Waals surface area contributed by atoms with Crippen LogP contribution in [-0.2, 0) is 0 Å². The number of rotatable bonds is 2. The van der Waals surface area contributed by atoms with Gasteiger partial charge in [-0.25, -0.2) is 0 Å². The first kappa shape index (κ1) is 7.86. The van der Waals surface area contributed by atoms with Crippen LogP contribution in [0.3, 0.4) is 0 Å². The molecule has 0 aromatic heterocycles. The summed E-state index contributed by atoms with van der Waals surface area (Å²) < 4.78 is 2.74. The molecule has 9 heavy (non-hydrogen) atoms. The molecule has 0 atom stereocenters. The molecular weight excluding hydrogens is 217 g/mol. The van der Waals surface area contributed by atoms with E-state index in [0.29, 0.717) is 0 Å². The summed E-state index contributed by atoms with van der Waals surface area (Å²) in [5.41, 5.74) is 0. The van der Waals surface area contributed by atoms with Crippen LogP contribution in [0.25, 0.3) is 0 Å². The van der Waals surface area contributed by atoms with E-state index in [4.69, 9.17) is 0 Å².